The fourth-order valence-electron chi connectivity index (χ4n) is 1.42. The van der Waals surface area contributed by atoms with Crippen LogP contribution < -0.4 is 5.32 Å². The molecule has 1 heterocycles. The van der Waals surface area contributed by atoms with Crippen LogP contribution in [0.3, 0.4) is 0 Å². The Hall–Kier alpha value is -1.92. The van der Waals surface area contributed by atoms with E-state index in [9.17, 15) is 19.2 Å². The monoisotopic (exact) mass is 242 g/mol. The first kappa shape index (κ1) is 13.1. The predicted molar refractivity (Wildman–Crippen MR) is 55.7 cm³/mol. The third kappa shape index (κ3) is 3.86. The molecular formula is C10H14N2O5. The molecular weight excluding hydrogens is 228 g/mol. The Bertz CT molecular complexity index is 333. The van der Waals surface area contributed by atoms with Crippen LogP contribution in [0.25, 0.3) is 0 Å². The van der Waals surface area contributed by atoms with Crippen molar-refractivity contribution in [2.24, 2.45) is 0 Å². The molecule has 0 aromatic rings. The van der Waals surface area contributed by atoms with Gasteiger partial charge in [-0.15, -0.1) is 0 Å². The van der Waals surface area contributed by atoms with Gasteiger partial charge in [-0.05, 0) is 13.3 Å². The van der Waals surface area contributed by atoms with Gasteiger partial charge in [-0.1, -0.05) is 0 Å². The lowest BCUT2D eigenvalue weighted by atomic mass is 10.2. The van der Waals surface area contributed by atoms with Crippen LogP contribution in [0.2, 0.25) is 0 Å². The Balaban J connectivity index is 2.36. The molecule has 0 bridgehead atoms. The minimum absolute atomic E-state index is 0.108. The quantitative estimate of drug-likeness (QED) is 0.532. The number of rotatable bonds is 5. The van der Waals surface area contributed by atoms with Gasteiger partial charge in [0.05, 0.1) is 6.61 Å². The van der Waals surface area contributed by atoms with Crippen molar-refractivity contribution in [2.45, 2.75) is 26.2 Å². The number of carbonyl (C=O) groups excluding carboxylic acids is 4. The van der Waals surface area contributed by atoms with Crippen LogP contribution in [-0.2, 0) is 19.1 Å². The van der Waals surface area contributed by atoms with E-state index in [2.05, 4.69) is 0 Å². The van der Waals surface area contributed by atoms with Gasteiger partial charge in [-0.2, -0.15) is 0 Å². The van der Waals surface area contributed by atoms with Gasteiger partial charge in [0.1, 0.15) is 6.42 Å². The summed E-state index contributed by atoms with van der Waals surface area (Å²) in [6.45, 7) is 2.11. The summed E-state index contributed by atoms with van der Waals surface area (Å²) in [6.07, 6.45) is 0.135. The molecule has 0 saturated carbocycles. The number of nitrogens with zero attached hydrogens (tertiary/aromatic N) is 1. The van der Waals surface area contributed by atoms with Crippen molar-refractivity contribution in [1.29, 1.82) is 0 Å². The minimum atomic E-state index is -0.727. The van der Waals surface area contributed by atoms with Crippen LogP contribution in [0.5, 0.6) is 0 Å². The molecule has 1 saturated heterocycles. The highest BCUT2D eigenvalue weighted by Gasteiger charge is 2.30. The minimum Gasteiger partial charge on any atom is -0.466 e. The second kappa shape index (κ2) is 5.97. The Morgan fingerprint density at radius 1 is 1.41 bits per heavy atom. The summed E-state index contributed by atoms with van der Waals surface area (Å²) in [5, 5.41) is 2.03. The molecule has 17 heavy (non-hydrogen) atoms. The summed E-state index contributed by atoms with van der Waals surface area (Å²) in [7, 11) is 0. The lowest BCUT2D eigenvalue weighted by molar-refractivity contribution is -0.144. The number of ether oxygens (including phenoxy) is 1. The zero-order chi connectivity index (χ0) is 12.8. The van der Waals surface area contributed by atoms with E-state index in [-0.39, 0.29) is 25.4 Å². The zero-order valence-corrected chi connectivity index (χ0v) is 9.52. The number of urea groups is 1. The summed E-state index contributed by atoms with van der Waals surface area (Å²) < 4.78 is 4.70. The number of barbiturate groups is 1. The summed E-state index contributed by atoms with van der Waals surface area (Å²) in [5.74, 6) is -1.50. The van der Waals surface area contributed by atoms with Crippen LogP contribution in [-0.4, -0.2) is 41.9 Å². The van der Waals surface area contributed by atoms with Gasteiger partial charge in [-0.25, -0.2) is 4.79 Å². The second-order valence-electron chi connectivity index (χ2n) is 3.48. The van der Waals surface area contributed by atoms with Crippen molar-refractivity contribution < 1.29 is 23.9 Å². The molecule has 0 spiro atoms. The lowest BCUT2D eigenvalue weighted by Crippen LogP contribution is -2.52. The fourth-order valence-corrected chi connectivity index (χ4v) is 1.42. The fraction of sp³-hybridized carbons (Fsp3) is 0.600. The Kier molecular flexibility index (Phi) is 4.62. The molecule has 0 atom stereocenters. The molecule has 1 aliphatic rings. The van der Waals surface area contributed by atoms with E-state index in [0.29, 0.717) is 13.0 Å². The van der Waals surface area contributed by atoms with E-state index < -0.39 is 17.8 Å². The molecule has 1 rings (SSSR count). The molecule has 7 nitrogen and oxygen atoms in total. The molecule has 7 heteroatoms. The van der Waals surface area contributed by atoms with Crippen molar-refractivity contribution in [1.82, 2.24) is 10.2 Å². The van der Waals surface area contributed by atoms with Crippen LogP contribution >= 0.6 is 0 Å². The summed E-state index contributed by atoms with van der Waals surface area (Å²) in [4.78, 5) is 45.4. The van der Waals surface area contributed by atoms with Gasteiger partial charge < -0.3 is 4.74 Å². The number of hydrogen-bond acceptors (Lipinski definition) is 5. The Morgan fingerprint density at radius 2 is 2.12 bits per heavy atom. The van der Waals surface area contributed by atoms with E-state index in [1.807, 2.05) is 5.32 Å². The first-order valence-corrected chi connectivity index (χ1v) is 5.34. The highest BCUT2D eigenvalue weighted by molar-refractivity contribution is 6.14. The normalized spacial score (nSPS) is 15.8. The molecule has 0 aromatic heterocycles. The van der Waals surface area contributed by atoms with Gasteiger partial charge in [-0.3, -0.25) is 24.6 Å². The molecule has 94 valence electrons. The number of hydrogen-bond donors (Lipinski definition) is 1. The van der Waals surface area contributed by atoms with Crippen molar-refractivity contribution in [3.8, 4) is 0 Å². The zero-order valence-electron chi connectivity index (χ0n) is 9.52. The van der Waals surface area contributed by atoms with E-state index >= 15 is 0 Å². The molecule has 0 aromatic carbocycles. The van der Waals surface area contributed by atoms with Gasteiger partial charge in [0.25, 0.3) is 0 Å². The van der Waals surface area contributed by atoms with E-state index in [4.69, 9.17) is 4.74 Å². The smallest absolute Gasteiger partial charge is 0.330 e. The first-order chi connectivity index (χ1) is 8.04. The highest BCUT2D eigenvalue weighted by Crippen LogP contribution is 2.05. The third-order valence-corrected chi connectivity index (χ3v) is 2.17. The van der Waals surface area contributed by atoms with E-state index in [1.165, 1.54) is 0 Å². The molecule has 0 unspecified atom stereocenters. The number of carbonyl (C=O) groups is 4. The Labute approximate surface area is 98.1 Å². The largest absolute Gasteiger partial charge is 0.466 e. The van der Waals surface area contributed by atoms with Crippen molar-refractivity contribution in [2.75, 3.05) is 13.2 Å². The highest BCUT2D eigenvalue weighted by atomic mass is 16.5. The molecule has 1 fully saturated rings. The number of amides is 4. The van der Waals surface area contributed by atoms with Crippen LogP contribution in [0.1, 0.15) is 26.2 Å². The van der Waals surface area contributed by atoms with Crippen molar-refractivity contribution in [3.05, 3.63) is 0 Å². The topological polar surface area (TPSA) is 92.8 Å². The molecule has 1 N–H and O–H groups in total. The first-order valence-electron chi connectivity index (χ1n) is 5.34. The Morgan fingerprint density at radius 3 is 2.71 bits per heavy atom. The van der Waals surface area contributed by atoms with Gasteiger partial charge in [0.15, 0.2) is 0 Å². The second-order valence-corrected chi connectivity index (χ2v) is 3.48. The van der Waals surface area contributed by atoms with Gasteiger partial charge in [0, 0.05) is 13.0 Å². The molecule has 1 aliphatic heterocycles. The van der Waals surface area contributed by atoms with Gasteiger partial charge in [0.2, 0.25) is 11.8 Å². The average Bonchev–Trinajstić information content (AvgIpc) is 2.22. The van der Waals surface area contributed by atoms with Crippen molar-refractivity contribution >= 4 is 23.8 Å². The van der Waals surface area contributed by atoms with Crippen LogP contribution in [0.15, 0.2) is 0 Å². The number of esters is 1. The molecule has 4 amide bonds. The SMILES string of the molecule is CCOC(=O)CCCN1C(=O)CC(=O)NC1=O. The summed E-state index contributed by atoms with van der Waals surface area (Å²) in [6, 6.07) is -0.727. The maximum atomic E-state index is 11.3. The number of imide groups is 2. The van der Waals surface area contributed by atoms with Crippen LogP contribution in [0, 0.1) is 0 Å². The standard InChI is InChI=1S/C10H14N2O5/c1-2-17-9(15)4-3-5-12-8(14)6-7(13)11-10(12)16/h2-6H2,1H3,(H,11,13,16). The maximum Gasteiger partial charge on any atom is 0.330 e. The summed E-state index contributed by atoms with van der Waals surface area (Å²) in [5.41, 5.74) is 0. The lowest BCUT2D eigenvalue weighted by Gasteiger charge is -2.24. The molecule has 0 aliphatic carbocycles. The average molecular weight is 242 g/mol. The van der Waals surface area contributed by atoms with Gasteiger partial charge >= 0.3 is 12.0 Å². The molecule has 0 radical (unpaired) electrons. The maximum absolute atomic E-state index is 11.3. The van der Waals surface area contributed by atoms with Crippen LogP contribution in [0.4, 0.5) is 4.79 Å². The predicted octanol–water partition coefficient (Wildman–Crippen LogP) is -0.202. The van der Waals surface area contributed by atoms with Crippen molar-refractivity contribution in [3.63, 3.8) is 0 Å². The van der Waals surface area contributed by atoms with E-state index in [1.54, 1.807) is 6.92 Å². The summed E-state index contributed by atoms with van der Waals surface area (Å²) >= 11 is 0. The third-order valence-electron chi connectivity index (χ3n) is 2.17. The van der Waals surface area contributed by atoms with E-state index in [0.717, 1.165) is 4.90 Å². The number of nitrogens with one attached hydrogen (secondary N) is 1.